The SMILES string of the molecule is COC(=O)C1CCC(CCN2CCCC(S(C)(=O)=O)C2)CC1. The van der Waals surface area contributed by atoms with Gasteiger partial charge in [-0.1, -0.05) is 0 Å². The van der Waals surface area contributed by atoms with E-state index in [9.17, 15) is 13.2 Å². The van der Waals surface area contributed by atoms with Gasteiger partial charge in [-0.15, -0.1) is 0 Å². The van der Waals surface area contributed by atoms with Gasteiger partial charge < -0.3 is 9.64 Å². The van der Waals surface area contributed by atoms with E-state index < -0.39 is 9.84 Å². The Bertz CT molecular complexity index is 469. The predicted octanol–water partition coefficient (Wildman–Crippen LogP) is 1.86. The Labute approximate surface area is 134 Å². The van der Waals surface area contributed by atoms with Crippen LogP contribution in [0.1, 0.15) is 44.9 Å². The highest BCUT2D eigenvalue weighted by molar-refractivity contribution is 7.91. The van der Waals surface area contributed by atoms with Crippen LogP contribution in [-0.4, -0.2) is 57.5 Å². The van der Waals surface area contributed by atoms with Crippen LogP contribution < -0.4 is 0 Å². The Hall–Kier alpha value is -0.620. The summed E-state index contributed by atoms with van der Waals surface area (Å²) in [6.07, 6.45) is 8.30. The zero-order chi connectivity index (χ0) is 16.2. The first-order valence-corrected chi connectivity index (χ1v) is 10.3. The molecule has 0 aromatic carbocycles. The molecule has 1 saturated carbocycles. The van der Waals surface area contributed by atoms with Gasteiger partial charge in [0.25, 0.3) is 0 Å². The average molecular weight is 331 g/mol. The van der Waals surface area contributed by atoms with Gasteiger partial charge in [0.2, 0.25) is 0 Å². The number of methoxy groups -OCH3 is 1. The largest absolute Gasteiger partial charge is 0.469 e. The monoisotopic (exact) mass is 331 g/mol. The van der Waals surface area contributed by atoms with Gasteiger partial charge in [-0.05, 0) is 64.0 Å². The summed E-state index contributed by atoms with van der Waals surface area (Å²) in [4.78, 5) is 13.8. The number of esters is 1. The second-order valence-corrected chi connectivity index (χ2v) is 9.25. The minimum atomic E-state index is -2.91. The van der Waals surface area contributed by atoms with Crippen LogP contribution in [0.4, 0.5) is 0 Å². The van der Waals surface area contributed by atoms with Gasteiger partial charge in [0.05, 0.1) is 18.3 Å². The lowest BCUT2D eigenvalue weighted by molar-refractivity contribution is -0.146. The normalized spacial score (nSPS) is 30.9. The van der Waals surface area contributed by atoms with Gasteiger partial charge in [0, 0.05) is 12.8 Å². The van der Waals surface area contributed by atoms with Crippen molar-refractivity contribution in [3.05, 3.63) is 0 Å². The van der Waals surface area contributed by atoms with Crippen LogP contribution in [0.3, 0.4) is 0 Å². The fourth-order valence-corrected chi connectivity index (χ4v) is 4.86. The molecule has 0 bridgehead atoms. The summed E-state index contributed by atoms with van der Waals surface area (Å²) < 4.78 is 28.2. The Balaban J connectivity index is 1.72. The molecule has 0 radical (unpaired) electrons. The van der Waals surface area contributed by atoms with Crippen molar-refractivity contribution in [3.8, 4) is 0 Å². The Morgan fingerprint density at radius 2 is 1.86 bits per heavy atom. The van der Waals surface area contributed by atoms with Crippen LogP contribution in [0.2, 0.25) is 0 Å². The van der Waals surface area contributed by atoms with Gasteiger partial charge >= 0.3 is 5.97 Å². The smallest absolute Gasteiger partial charge is 0.308 e. The third-order valence-corrected chi connectivity index (χ3v) is 6.90. The summed E-state index contributed by atoms with van der Waals surface area (Å²) in [5.41, 5.74) is 0. The molecule has 1 aliphatic heterocycles. The second-order valence-electron chi connectivity index (χ2n) is 6.92. The molecule has 2 aliphatic rings. The number of likely N-dealkylation sites (tertiary alicyclic amines) is 1. The lowest BCUT2D eigenvalue weighted by Gasteiger charge is -2.34. The molecule has 0 aromatic rings. The summed E-state index contributed by atoms with van der Waals surface area (Å²) in [6.45, 7) is 2.69. The standard InChI is InChI=1S/C16H29NO4S/c1-21-16(18)14-7-5-13(6-8-14)9-11-17-10-3-4-15(12-17)22(2,19)20/h13-15H,3-12H2,1-2H3. The van der Waals surface area contributed by atoms with Crippen LogP contribution in [-0.2, 0) is 19.4 Å². The predicted molar refractivity (Wildman–Crippen MR) is 86.4 cm³/mol. The number of carbonyl (C=O) groups excluding carboxylic acids is 1. The average Bonchev–Trinajstić information content (AvgIpc) is 2.52. The molecule has 22 heavy (non-hydrogen) atoms. The van der Waals surface area contributed by atoms with Crippen molar-refractivity contribution in [1.29, 1.82) is 0 Å². The van der Waals surface area contributed by atoms with E-state index in [1.54, 1.807) is 0 Å². The number of rotatable bonds is 5. The van der Waals surface area contributed by atoms with E-state index in [0.717, 1.165) is 58.0 Å². The third kappa shape index (κ3) is 4.95. The highest BCUT2D eigenvalue weighted by Crippen LogP contribution is 2.31. The maximum absolute atomic E-state index is 11.7. The summed E-state index contributed by atoms with van der Waals surface area (Å²) >= 11 is 0. The lowest BCUT2D eigenvalue weighted by atomic mass is 9.80. The van der Waals surface area contributed by atoms with E-state index in [-0.39, 0.29) is 17.1 Å². The second kappa shape index (κ2) is 7.77. The van der Waals surface area contributed by atoms with E-state index in [4.69, 9.17) is 4.74 Å². The van der Waals surface area contributed by atoms with Gasteiger partial charge in [-0.25, -0.2) is 8.42 Å². The Morgan fingerprint density at radius 3 is 2.45 bits per heavy atom. The molecule has 1 atom stereocenters. The van der Waals surface area contributed by atoms with Crippen LogP contribution in [0, 0.1) is 11.8 Å². The first-order valence-electron chi connectivity index (χ1n) is 8.39. The molecule has 5 nitrogen and oxygen atoms in total. The van der Waals surface area contributed by atoms with Crippen LogP contribution in [0.5, 0.6) is 0 Å². The van der Waals surface area contributed by atoms with E-state index >= 15 is 0 Å². The number of carbonyl (C=O) groups is 1. The molecule has 0 amide bonds. The summed E-state index contributed by atoms with van der Waals surface area (Å²) in [6, 6.07) is 0. The maximum atomic E-state index is 11.7. The third-order valence-electron chi connectivity index (χ3n) is 5.30. The van der Waals surface area contributed by atoms with Gasteiger partial charge in [0.15, 0.2) is 9.84 Å². The Morgan fingerprint density at radius 1 is 1.18 bits per heavy atom. The molecule has 2 rings (SSSR count). The van der Waals surface area contributed by atoms with Crippen molar-refractivity contribution in [2.45, 2.75) is 50.2 Å². The van der Waals surface area contributed by atoms with E-state index in [1.807, 2.05) is 0 Å². The van der Waals surface area contributed by atoms with Crippen molar-refractivity contribution >= 4 is 15.8 Å². The first-order chi connectivity index (χ1) is 10.4. The highest BCUT2D eigenvalue weighted by atomic mass is 32.2. The molecule has 2 fully saturated rings. The molecule has 0 N–H and O–H groups in total. The number of piperidine rings is 1. The van der Waals surface area contributed by atoms with Gasteiger partial charge in [-0.2, -0.15) is 0 Å². The number of hydrogen-bond acceptors (Lipinski definition) is 5. The van der Waals surface area contributed by atoms with Crippen LogP contribution in [0.15, 0.2) is 0 Å². The molecule has 0 spiro atoms. The van der Waals surface area contributed by atoms with Crippen molar-refractivity contribution in [1.82, 2.24) is 4.90 Å². The fourth-order valence-electron chi connectivity index (χ4n) is 3.78. The zero-order valence-corrected chi connectivity index (χ0v) is 14.6. The number of nitrogens with zero attached hydrogens (tertiary/aromatic N) is 1. The molecular formula is C16H29NO4S. The van der Waals surface area contributed by atoms with Crippen LogP contribution in [0.25, 0.3) is 0 Å². The minimum Gasteiger partial charge on any atom is -0.469 e. The minimum absolute atomic E-state index is 0.0644. The van der Waals surface area contributed by atoms with E-state index in [0.29, 0.717) is 12.5 Å². The fraction of sp³-hybridized carbons (Fsp3) is 0.938. The topological polar surface area (TPSA) is 63.7 Å². The molecule has 1 aliphatic carbocycles. The summed E-state index contributed by atoms with van der Waals surface area (Å²) in [5, 5.41) is -0.184. The van der Waals surface area contributed by atoms with Crippen molar-refractivity contribution in [2.24, 2.45) is 11.8 Å². The molecule has 1 unspecified atom stereocenters. The molecule has 6 heteroatoms. The molecule has 0 aromatic heterocycles. The van der Waals surface area contributed by atoms with E-state index in [1.165, 1.54) is 13.4 Å². The number of ether oxygens (including phenoxy) is 1. The zero-order valence-electron chi connectivity index (χ0n) is 13.8. The number of sulfone groups is 1. The van der Waals surface area contributed by atoms with E-state index in [2.05, 4.69) is 4.90 Å². The maximum Gasteiger partial charge on any atom is 0.308 e. The number of hydrogen-bond donors (Lipinski definition) is 0. The Kier molecular flexibility index (Phi) is 6.26. The quantitative estimate of drug-likeness (QED) is 0.720. The van der Waals surface area contributed by atoms with Crippen molar-refractivity contribution < 1.29 is 17.9 Å². The van der Waals surface area contributed by atoms with Gasteiger partial charge in [0.1, 0.15) is 0 Å². The molecule has 1 saturated heterocycles. The van der Waals surface area contributed by atoms with Crippen molar-refractivity contribution in [2.75, 3.05) is 33.0 Å². The molecular weight excluding hydrogens is 302 g/mol. The van der Waals surface area contributed by atoms with Gasteiger partial charge in [-0.3, -0.25) is 4.79 Å². The summed E-state index contributed by atoms with van der Waals surface area (Å²) in [5.74, 6) is 0.691. The highest BCUT2D eigenvalue weighted by Gasteiger charge is 2.29. The molecule has 1 heterocycles. The van der Waals surface area contributed by atoms with Crippen molar-refractivity contribution in [3.63, 3.8) is 0 Å². The van der Waals surface area contributed by atoms with Crippen LogP contribution >= 0.6 is 0 Å². The lowest BCUT2D eigenvalue weighted by Crippen LogP contribution is -2.42. The molecule has 128 valence electrons. The first kappa shape index (κ1) is 17.7. The summed E-state index contributed by atoms with van der Waals surface area (Å²) in [7, 11) is -1.45.